The molecule has 2 N–H and O–H groups in total. The SMILES string of the molecule is O=c1c(Cl)c(NCC(O)c2ccc(Cl)cc2)cnn1Cc1ccccc1. The number of aliphatic hydroxyl groups excluding tert-OH is 1. The molecular weight excluding hydrogens is 373 g/mol. The van der Waals surface area contributed by atoms with Gasteiger partial charge in [-0.3, -0.25) is 4.79 Å². The number of anilines is 1. The maximum Gasteiger partial charge on any atom is 0.287 e. The molecule has 0 saturated heterocycles. The Hall–Kier alpha value is -2.34. The number of aliphatic hydroxyl groups is 1. The van der Waals surface area contributed by atoms with Crippen molar-refractivity contribution in [2.75, 3.05) is 11.9 Å². The minimum Gasteiger partial charge on any atom is -0.387 e. The Kier molecular flexibility index (Phi) is 5.93. The van der Waals surface area contributed by atoms with Gasteiger partial charge in [-0.05, 0) is 23.3 Å². The highest BCUT2D eigenvalue weighted by Crippen LogP contribution is 2.20. The average molecular weight is 390 g/mol. The normalized spacial score (nSPS) is 12.0. The van der Waals surface area contributed by atoms with Gasteiger partial charge < -0.3 is 10.4 Å². The molecule has 0 amide bonds. The van der Waals surface area contributed by atoms with Gasteiger partial charge in [-0.1, -0.05) is 65.7 Å². The number of benzene rings is 2. The van der Waals surface area contributed by atoms with Gasteiger partial charge in [0, 0.05) is 11.6 Å². The Bertz CT molecular complexity index is 928. The fourth-order valence-electron chi connectivity index (χ4n) is 2.47. The first-order valence-corrected chi connectivity index (χ1v) is 8.77. The summed E-state index contributed by atoms with van der Waals surface area (Å²) in [5.74, 6) is 0. The molecule has 1 heterocycles. The lowest BCUT2D eigenvalue weighted by Gasteiger charge is -2.14. The summed E-state index contributed by atoms with van der Waals surface area (Å²) in [7, 11) is 0. The summed E-state index contributed by atoms with van der Waals surface area (Å²) in [6, 6.07) is 16.4. The number of halogens is 2. The Morgan fingerprint density at radius 1 is 1.08 bits per heavy atom. The lowest BCUT2D eigenvalue weighted by molar-refractivity contribution is 0.191. The average Bonchev–Trinajstić information content (AvgIpc) is 2.66. The molecule has 5 nitrogen and oxygen atoms in total. The van der Waals surface area contributed by atoms with Crippen molar-refractivity contribution in [1.29, 1.82) is 0 Å². The highest BCUT2D eigenvalue weighted by molar-refractivity contribution is 6.33. The van der Waals surface area contributed by atoms with Crippen LogP contribution in [0.1, 0.15) is 17.2 Å². The molecule has 7 heteroatoms. The highest BCUT2D eigenvalue weighted by atomic mass is 35.5. The summed E-state index contributed by atoms with van der Waals surface area (Å²) in [6.45, 7) is 0.526. The molecule has 0 bridgehead atoms. The van der Waals surface area contributed by atoms with Crippen molar-refractivity contribution in [2.24, 2.45) is 0 Å². The van der Waals surface area contributed by atoms with E-state index in [0.29, 0.717) is 22.8 Å². The summed E-state index contributed by atoms with van der Waals surface area (Å²) in [5.41, 5.74) is 1.66. The second-order valence-electron chi connectivity index (χ2n) is 5.77. The summed E-state index contributed by atoms with van der Waals surface area (Å²) in [4.78, 5) is 12.4. The van der Waals surface area contributed by atoms with Crippen molar-refractivity contribution >= 4 is 28.9 Å². The molecule has 0 aliphatic rings. The highest BCUT2D eigenvalue weighted by Gasteiger charge is 2.12. The van der Waals surface area contributed by atoms with Gasteiger partial charge in [-0.2, -0.15) is 5.10 Å². The van der Waals surface area contributed by atoms with Gasteiger partial charge in [0.05, 0.1) is 24.5 Å². The molecule has 0 saturated carbocycles. The fraction of sp³-hybridized carbons (Fsp3) is 0.158. The quantitative estimate of drug-likeness (QED) is 0.673. The molecule has 0 aliphatic carbocycles. The van der Waals surface area contributed by atoms with E-state index < -0.39 is 6.10 Å². The van der Waals surface area contributed by atoms with Crippen LogP contribution < -0.4 is 10.9 Å². The summed E-state index contributed by atoms with van der Waals surface area (Å²) >= 11 is 12.0. The van der Waals surface area contributed by atoms with Crippen molar-refractivity contribution in [1.82, 2.24) is 9.78 Å². The lowest BCUT2D eigenvalue weighted by Crippen LogP contribution is -2.25. The zero-order valence-corrected chi connectivity index (χ0v) is 15.3. The van der Waals surface area contributed by atoms with Gasteiger partial charge in [0.15, 0.2) is 0 Å². The molecule has 3 rings (SSSR count). The molecular formula is C19H17Cl2N3O2. The number of nitrogens with zero attached hydrogens (tertiary/aromatic N) is 2. The third-order valence-corrected chi connectivity index (χ3v) is 4.52. The van der Waals surface area contributed by atoms with E-state index in [0.717, 1.165) is 5.56 Å². The van der Waals surface area contributed by atoms with E-state index in [1.165, 1.54) is 10.9 Å². The molecule has 0 radical (unpaired) electrons. The number of rotatable bonds is 6. The molecule has 1 aromatic heterocycles. The molecule has 1 atom stereocenters. The van der Waals surface area contributed by atoms with Crippen LogP contribution in [0.15, 0.2) is 65.6 Å². The number of hydrogen-bond acceptors (Lipinski definition) is 4. The van der Waals surface area contributed by atoms with Gasteiger partial charge in [0.25, 0.3) is 5.56 Å². The summed E-state index contributed by atoms with van der Waals surface area (Å²) in [6.07, 6.45) is 0.719. The summed E-state index contributed by atoms with van der Waals surface area (Å²) in [5, 5.41) is 18.0. The van der Waals surface area contributed by atoms with Gasteiger partial charge in [-0.15, -0.1) is 0 Å². The second kappa shape index (κ2) is 8.36. The minimum absolute atomic E-state index is 0.0410. The van der Waals surface area contributed by atoms with Crippen molar-refractivity contribution in [3.05, 3.63) is 92.3 Å². The summed E-state index contributed by atoms with van der Waals surface area (Å²) < 4.78 is 1.30. The minimum atomic E-state index is -0.768. The molecule has 2 aromatic carbocycles. The predicted molar refractivity (Wildman–Crippen MR) is 104 cm³/mol. The number of nitrogens with one attached hydrogen (secondary N) is 1. The van der Waals surface area contributed by atoms with Gasteiger partial charge >= 0.3 is 0 Å². The Morgan fingerprint density at radius 3 is 2.46 bits per heavy atom. The van der Waals surface area contributed by atoms with Crippen LogP contribution in [0, 0.1) is 0 Å². The van der Waals surface area contributed by atoms with Crippen molar-refractivity contribution < 1.29 is 5.11 Å². The van der Waals surface area contributed by atoms with Gasteiger partial charge in [0.1, 0.15) is 5.02 Å². The molecule has 0 fully saturated rings. The Balaban J connectivity index is 1.70. The van der Waals surface area contributed by atoms with E-state index in [1.807, 2.05) is 30.3 Å². The van der Waals surface area contributed by atoms with Crippen LogP contribution in [-0.2, 0) is 6.54 Å². The topological polar surface area (TPSA) is 67.2 Å². The third-order valence-electron chi connectivity index (χ3n) is 3.90. The molecule has 1 unspecified atom stereocenters. The van der Waals surface area contributed by atoms with E-state index in [1.54, 1.807) is 24.3 Å². The Labute approximate surface area is 160 Å². The van der Waals surface area contributed by atoms with E-state index in [-0.39, 0.29) is 17.1 Å². The second-order valence-corrected chi connectivity index (χ2v) is 6.58. The first kappa shape index (κ1) is 18.5. The molecule has 3 aromatic rings. The molecule has 26 heavy (non-hydrogen) atoms. The van der Waals surface area contributed by atoms with Crippen LogP contribution >= 0.6 is 23.2 Å². The largest absolute Gasteiger partial charge is 0.387 e. The number of hydrogen-bond donors (Lipinski definition) is 2. The zero-order valence-electron chi connectivity index (χ0n) is 13.8. The standard InChI is InChI=1S/C19H17Cl2N3O2/c20-15-8-6-14(7-9-15)17(25)11-22-16-10-23-24(19(26)18(16)21)12-13-4-2-1-3-5-13/h1-10,17,22,25H,11-12H2. The van der Waals surface area contributed by atoms with Crippen LogP contribution in [0.5, 0.6) is 0 Å². The first-order valence-electron chi connectivity index (χ1n) is 8.01. The van der Waals surface area contributed by atoms with Crippen molar-refractivity contribution in [2.45, 2.75) is 12.6 Å². The third kappa shape index (κ3) is 4.43. The van der Waals surface area contributed by atoms with Crippen LogP contribution in [-0.4, -0.2) is 21.4 Å². The van der Waals surface area contributed by atoms with E-state index in [2.05, 4.69) is 10.4 Å². The maximum absolute atomic E-state index is 12.4. The molecule has 0 aliphatic heterocycles. The maximum atomic E-state index is 12.4. The molecule has 0 spiro atoms. The monoisotopic (exact) mass is 389 g/mol. The van der Waals surface area contributed by atoms with Crippen molar-refractivity contribution in [3.8, 4) is 0 Å². The van der Waals surface area contributed by atoms with Gasteiger partial charge in [0.2, 0.25) is 0 Å². The smallest absolute Gasteiger partial charge is 0.287 e. The van der Waals surface area contributed by atoms with Crippen LogP contribution in [0.25, 0.3) is 0 Å². The van der Waals surface area contributed by atoms with Gasteiger partial charge in [-0.25, -0.2) is 4.68 Å². The number of aromatic nitrogens is 2. The van der Waals surface area contributed by atoms with E-state index in [9.17, 15) is 9.90 Å². The van der Waals surface area contributed by atoms with Crippen LogP contribution in [0.4, 0.5) is 5.69 Å². The molecule has 134 valence electrons. The van der Waals surface area contributed by atoms with E-state index >= 15 is 0 Å². The first-order chi connectivity index (χ1) is 12.5. The van der Waals surface area contributed by atoms with Crippen molar-refractivity contribution in [3.63, 3.8) is 0 Å². The fourth-order valence-corrected chi connectivity index (χ4v) is 2.81. The Morgan fingerprint density at radius 2 is 1.77 bits per heavy atom. The van der Waals surface area contributed by atoms with Crippen LogP contribution in [0.3, 0.4) is 0 Å². The lowest BCUT2D eigenvalue weighted by atomic mass is 10.1. The van der Waals surface area contributed by atoms with Crippen LogP contribution in [0.2, 0.25) is 10.0 Å². The van der Waals surface area contributed by atoms with E-state index in [4.69, 9.17) is 23.2 Å². The zero-order chi connectivity index (χ0) is 18.5. The predicted octanol–water partition coefficient (Wildman–Crippen LogP) is 3.74.